The molecule has 4 atom stereocenters. The van der Waals surface area contributed by atoms with Gasteiger partial charge in [0.05, 0.1) is 50.1 Å². The summed E-state index contributed by atoms with van der Waals surface area (Å²) in [5, 5.41) is 0. The fourth-order valence-corrected chi connectivity index (χ4v) is 10.4. The summed E-state index contributed by atoms with van der Waals surface area (Å²) in [7, 11) is 0. The summed E-state index contributed by atoms with van der Waals surface area (Å²) in [5.41, 5.74) is 0. The monoisotopic (exact) mass is 989 g/mol. The highest BCUT2D eigenvalue weighted by Gasteiger charge is 2.51. The lowest BCUT2D eigenvalue weighted by atomic mass is 9.68. The van der Waals surface area contributed by atoms with Gasteiger partial charge in [-0.2, -0.15) is 0 Å². The number of carbonyl (C=O) groups is 4. The van der Waals surface area contributed by atoms with E-state index < -0.39 is 47.5 Å². The molecule has 1 saturated carbocycles. The SMILES string of the molecule is CCCCCCCCCCCCCOC(=O)C1CC(C(=O)OCCCCCCCCCCCCC)C(C(=O)OCCCCCCCCCCCCC)CC1C(=O)OCCCCCCCCCCCCC. The molecule has 4 unspecified atom stereocenters. The molecule has 1 rings (SSSR count). The van der Waals surface area contributed by atoms with Crippen molar-refractivity contribution in [3.63, 3.8) is 0 Å². The first kappa shape index (κ1) is 65.9. The van der Waals surface area contributed by atoms with Gasteiger partial charge in [0.2, 0.25) is 0 Å². The summed E-state index contributed by atoms with van der Waals surface area (Å²) in [4.78, 5) is 55.9. The van der Waals surface area contributed by atoms with E-state index in [-0.39, 0.29) is 39.3 Å². The van der Waals surface area contributed by atoms with Gasteiger partial charge >= 0.3 is 23.9 Å². The first-order valence-corrected chi connectivity index (χ1v) is 31.1. The highest BCUT2D eigenvalue weighted by molar-refractivity contribution is 5.87. The minimum atomic E-state index is -0.882. The zero-order valence-electron chi connectivity index (χ0n) is 46.9. The fourth-order valence-electron chi connectivity index (χ4n) is 10.4. The Hall–Kier alpha value is -2.12. The normalized spacial score (nSPS) is 16.9. The molecule has 1 aliphatic carbocycles. The van der Waals surface area contributed by atoms with Crippen LogP contribution in [-0.2, 0) is 38.1 Å². The molecule has 0 aromatic rings. The second-order valence-corrected chi connectivity index (χ2v) is 21.7. The predicted molar refractivity (Wildman–Crippen MR) is 293 cm³/mol. The van der Waals surface area contributed by atoms with Crippen LogP contribution in [0.5, 0.6) is 0 Å². The van der Waals surface area contributed by atoms with Crippen molar-refractivity contribution in [2.75, 3.05) is 26.4 Å². The summed E-state index contributed by atoms with van der Waals surface area (Å²) in [6, 6.07) is 0. The van der Waals surface area contributed by atoms with Crippen LogP contribution in [0.3, 0.4) is 0 Å². The van der Waals surface area contributed by atoms with Crippen LogP contribution in [0.15, 0.2) is 0 Å². The molecule has 0 amide bonds. The fraction of sp³-hybridized carbons (Fsp3) is 0.935. The van der Waals surface area contributed by atoms with Gasteiger partial charge in [0.1, 0.15) is 0 Å². The molecule has 0 bridgehead atoms. The molecule has 0 saturated heterocycles. The van der Waals surface area contributed by atoms with Crippen LogP contribution in [0, 0.1) is 23.7 Å². The molecular formula is C62H116O8. The maximum Gasteiger partial charge on any atom is 0.309 e. The third-order valence-corrected chi connectivity index (χ3v) is 15.2. The minimum absolute atomic E-state index is 0.0185. The largest absolute Gasteiger partial charge is 0.465 e. The standard InChI is InChI=1S/C62H116O8/c1-5-9-13-17-21-25-29-33-37-41-45-49-67-59(63)55-53-57(61(65)69-51-47-43-39-35-31-27-23-19-15-11-7-3)58(62(66)70-52-48-44-40-36-32-28-24-20-16-12-8-4)54-56(55)60(64)68-50-46-42-38-34-30-26-22-18-14-10-6-2/h55-58H,5-54H2,1-4H3. The molecule has 0 aromatic heterocycles. The number of hydrogen-bond donors (Lipinski definition) is 0. The Morgan fingerprint density at radius 1 is 0.229 bits per heavy atom. The molecule has 0 radical (unpaired) electrons. The number of hydrogen-bond acceptors (Lipinski definition) is 8. The van der Waals surface area contributed by atoms with Crippen molar-refractivity contribution >= 4 is 23.9 Å². The topological polar surface area (TPSA) is 105 Å². The smallest absolute Gasteiger partial charge is 0.309 e. The van der Waals surface area contributed by atoms with Crippen LogP contribution in [0.1, 0.15) is 323 Å². The Balaban J connectivity index is 2.91. The van der Waals surface area contributed by atoms with Gasteiger partial charge in [-0.3, -0.25) is 19.2 Å². The predicted octanol–water partition coefficient (Wildman–Crippen LogP) is 18.7. The van der Waals surface area contributed by atoms with Gasteiger partial charge in [-0.15, -0.1) is 0 Å². The Morgan fingerprint density at radius 2 is 0.357 bits per heavy atom. The van der Waals surface area contributed by atoms with Crippen molar-refractivity contribution in [2.45, 2.75) is 323 Å². The molecule has 0 aliphatic heterocycles. The van der Waals surface area contributed by atoms with E-state index >= 15 is 0 Å². The zero-order valence-corrected chi connectivity index (χ0v) is 46.9. The maximum atomic E-state index is 14.0. The quantitative estimate of drug-likeness (QED) is 0.0337. The van der Waals surface area contributed by atoms with Crippen LogP contribution < -0.4 is 0 Å². The van der Waals surface area contributed by atoms with Gasteiger partial charge in [0, 0.05) is 0 Å². The van der Waals surface area contributed by atoms with Crippen LogP contribution in [-0.4, -0.2) is 50.3 Å². The summed E-state index contributed by atoms with van der Waals surface area (Å²) in [6.45, 7) is 10.1. The van der Waals surface area contributed by atoms with Gasteiger partial charge in [-0.1, -0.05) is 285 Å². The highest BCUT2D eigenvalue weighted by atomic mass is 16.5. The van der Waals surface area contributed by atoms with Gasteiger partial charge in [-0.25, -0.2) is 0 Å². The first-order chi connectivity index (χ1) is 34.4. The Labute approximate surface area is 433 Å². The number of rotatable bonds is 52. The molecule has 0 heterocycles. The lowest BCUT2D eigenvalue weighted by molar-refractivity contribution is -0.175. The third-order valence-electron chi connectivity index (χ3n) is 15.2. The van der Waals surface area contributed by atoms with Crippen molar-refractivity contribution in [3.05, 3.63) is 0 Å². The van der Waals surface area contributed by atoms with Crippen molar-refractivity contribution in [1.29, 1.82) is 0 Å². The van der Waals surface area contributed by atoms with Crippen molar-refractivity contribution in [2.24, 2.45) is 23.7 Å². The van der Waals surface area contributed by atoms with Gasteiger partial charge in [-0.05, 0) is 38.5 Å². The zero-order chi connectivity index (χ0) is 50.8. The third kappa shape index (κ3) is 37.6. The summed E-state index contributed by atoms with van der Waals surface area (Å²) in [5.74, 6) is -5.42. The summed E-state index contributed by atoms with van der Waals surface area (Å²) >= 11 is 0. The Kier molecular flexibility index (Phi) is 47.5. The van der Waals surface area contributed by atoms with E-state index in [4.69, 9.17) is 18.9 Å². The number of unbranched alkanes of at least 4 members (excludes halogenated alkanes) is 40. The second kappa shape index (κ2) is 50.4. The number of esters is 4. The van der Waals surface area contributed by atoms with Gasteiger partial charge < -0.3 is 18.9 Å². The van der Waals surface area contributed by atoms with Crippen molar-refractivity contribution in [3.8, 4) is 0 Å². The average Bonchev–Trinajstić information content (AvgIpc) is 3.36. The number of ether oxygens (including phenoxy) is 4. The molecule has 1 fully saturated rings. The average molecular weight is 990 g/mol. The molecule has 0 aromatic carbocycles. The van der Waals surface area contributed by atoms with E-state index in [9.17, 15) is 19.2 Å². The summed E-state index contributed by atoms with van der Waals surface area (Å²) in [6.07, 6.45) is 52.7. The molecule has 1 aliphatic rings. The lowest BCUT2D eigenvalue weighted by Crippen LogP contribution is -2.46. The summed E-state index contributed by atoms with van der Waals surface area (Å²) < 4.78 is 23.6. The minimum Gasteiger partial charge on any atom is -0.465 e. The van der Waals surface area contributed by atoms with E-state index in [1.807, 2.05) is 0 Å². The Morgan fingerprint density at radius 3 is 0.500 bits per heavy atom. The maximum absolute atomic E-state index is 14.0. The molecule has 8 heteroatoms. The molecule has 0 spiro atoms. The van der Waals surface area contributed by atoms with Crippen LogP contribution in [0.25, 0.3) is 0 Å². The van der Waals surface area contributed by atoms with Crippen LogP contribution in [0.4, 0.5) is 0 Å². The van der Waals surface area contributed by atoms with E-state index in [2.05, 4.69) is 27.7 Å². The highest BCUT2D eigenvalue weighted by Crippen LogP contribution is 2.41. The first-order valence-electron chi connectivity index (χ1n) is 31.1. The van der Waals surface area contributed by atoms with Crippen LogP contribution in [0.2, 0.25) is 0 Å². The molecule has 0 N–H and O–H groups in total. The lowest BCUT2D eigenvalue weighted by Gasteiger charge is -2.37. The van der Waals surface area contributed by atoms with E-state index in [1.165, 1.54) is 205 Å². The molecular weight excluding hydrogens is 873 g/mol. The van der Waals surface area contributed by atoms with Gasteiger partial charge in [0.15, 0.2) is 0 Å². The van der Waals surface area contributed by atoms with Crippen LogP contribution >= 0.6 is 0 Å². The van der Waals surface area contributed by atoms with Crippen molar-refractivity contribution < 1.29 is 38.1 Å². The molecule has 70 heavy (non-hydrogen) atoms. The van der Waals surface area contributed by atoms with Gasteiger partial charge in [0.25, 0.3) is 0 Å². The van der Waals surface area contributed by atoms with E-state index in [0.29, 0.717) is 0 Å². The van der Waals surface area contributed by atoms with E-state index in [1.54, 1.807) is 0 Å². The van der Waals surface area contributed by atoms with Crippen molar-refractivity contribution in [1.82, 2.24) is 0 Å². The molecule has 8 nitrogen and oxygen atoms in total. The number of carbonyl (C=O) groups excluding carboxylic acids is 4. The Bertz CT molecular complexity index is 1010. The van der Waals surface area contributed by atoms with E-state index in [0.717, 1.165) is 77.0 Å². The molecule has 412 valence electrons. The second-order valence-electron chi connectivity index (χ2n) is 21.7.